The highest BCUT2D eigenvalue weighted by atomic mass is 35.5. The molecular weight excluding hydrogens is 275 g/mol. The molecule has 2 rings (SSSR count). The molecule has 20 heavy (non-hydrogen) atoms. The van der Waals surface area contributed by atoms with Gasteiger partial charge in [-0.05, 0) is 57.9 Å². The van der Waals surface area contributed by atoms with Crippen LogP contribution in [0.4, 0.5) is 4.39 Å². The molecule has 0 radical (unpaired) electrons. The largest absolute Gasteiger partial charge is 0.313 e. The van der Waals surface area contributed by atoms with Gasteiger partial charge in [0.1, 0.15) is 5.82 Å². The van der Waals surface area contributed by atoms with E-state index in [0.29, 0.717) is 12.1 Å². The van der Waals surface area contributed by atoms with Gasteiger partial charge in [0, 0.05) is 24.7 Å². The molecule has 2 nitrogen and oxygen atoms in total. The summed E-state index contributed by atoms with van der Waals surface area (Å²) in [4.78, 5) is 2.45. The van der Waals surface area contributed by atoms with Gasteiger partial charge in [-0.3, -0.25) is 4.90 Å². The van der Waals surface area contributed by atoms with Crippen LogP contribution < -0.4 is 5.32 Å². The van der Waals surface area contributed by atoms with Crippen molar-refractivity contribution in [2.45, 2.75) is 51.7 Å². The fraction of sp³-hybridized carbons (Fsp3) is 0.625. The molecule has 1 aliphatic rings. The van der Waals surface area contributed by atoms with Crippen LogP contribution >= 0.6 is 11.6 Å². The van der Waals surface area contributed by atoms with Crippen molar-refractivity contribution in [3.05, 3.63) is 34.6 Å². The van der Waals surface area contributed by atoms with Gasteiger partial charge >= 0.3 is 0 Å². The van der Waals surface area contributed by atoms with Gasteiger partial charge in [-0.1, -0.05) is 17.7 Å². The lowest BCUT2D eigenvalue weighted by molar-refractivity contribution is 0.149. The van der Waals surface area contributed by atoms with E-state index >= 15 is 0 Å². The van der Waals surface area contributed by atoms with Crippen LogP contribution in [0, 0.1) is 5.82 Å². The van der Waals surface area contributed by atoms with Crippen LogP contribution in [0.25, 0.3) is 0 Å². The van der Waals surface area contributed by atoms with Crippen LogP contribution in [0.2, 0.25) is 5.02 Å². The molecule has 0 aromatic heterocycles. The molecule has 1 aromatic rings. The molecule has 4 heteroatoms. The molecule has 1 aromatic carbocycles. The Morgan fingerprint density at radius 1 is 1.40 bits per heavy atom. The molecule has 0 aliphatic carbocycles. The van der Waals surface area contributed by atoms with Gasteiger partial charge in [0.05, 0.1) is 5.02 Å². The van der Waals surface area contributed by atoms with E-state index in [1.54, 1.807) is 6.07 Å². The normalized spacial score (nSPS) is 20.9. The zero-order valence-electron chi connectivity index (χ0n) is 12.5. The van der Waals surface area contributed by atoms with Crippen LogP contribution in [0.1, 0.15) is 45.2 Å². The standard InChI is InChI=1S/C16H24ClFN2/c1-11(2)20(10-14-5-4-8-19-14)12(3)13-6-7-16(18)15(17)9-13/h6-7,9,11-12,14,19H,4-5,8,10H2,1-3H3. The SMILES string of the molecule is CC(C)N(CC1CCCN1)C(C)c1ccc(F)c(Cl)c1. The number of halogens is 2. The Hall–Kier alpha value is -0.640. The van der Waals surface area contributed by atoms with Gasteiger partial charge in [-0.25, -0.2) is 4.39 Å². The molecule has 112 valence electrons. The fourth-order valence-electron chi connectivity index (χ4n) is 2.95. The quantitative estimate of drug-likeness (QED) is 0.884. The smallest absolute Gasteiger partial charge is 0.141 e. The summed E-state index contributed by atoms with van der Waals surface area (Å²) in [6.07, 6.45) is 2.49. The summed E-state index contributed by atoms with van der Waals surface area (Å²) in [5, 5.41) is 3.75. The summed E-state index contributed by atoms with van der Waals surface area (Å²) in [6, 6.07) is 6.28. The Balaban J connectivity index is 2.12. The van der Waals surface area contributed by atoms with Crippen LogP contribution in [-0.2, 0) is 0 Å². The van der Waals surface area contributed by atoms with E-state index in [0.717, 1.165) is 18.7 Å². The van der Waals surface area contributed by atoms with E-state index in [1.807, 2.05) is 6.07 Å². The maximum absolute atomic E-state index is 13.3. The number of benzene rings is 1. The minimum atomic E-state index is -0.351. The molecule has 0 spiro atoms. The number of hydrogen-bond donors (Lipinski definition) is 1. The van der Waals surface area contributed by atoms with E-state index < -0.39 is 0 Å². The Morgan fingerprint density at radius 3 is 2.70 bits per heavy atom. The van der Waals surface area contributed by atoms with Gasteiger partial charge in [0.15, 0.2) is 0 Å². The second-order valence-electron chi connectivity index (χ2n) is 5.93. The first-order chi connectivity index (χ1) is 9.49. The second kappa shape index (κ2) is 6.88. The van der Waals surface area contributed by atoms with Crippen LogP contribution in [0.3, 0.4) is 0 Å². The van der Waals surface area contributed by atoms with Crippen molar-refractivity contribution in [2.75, 3.05) is 13.1 Å². The Morgan fingerprint density at radius 2 is 2.15 bits per heavy atom. The minimum absolute atomic E-state index is 0.206. The first-order valence-electron chi connectivity index (χ1n) is 7.43. The highest BCUT2D eigenvalue weighted by molar-refractivity contribution is 6.30. The maximum atomic E-state index is 13.3. The Labute approximate surface area is 126 Å². The van der Waals surface area contributed by atoms with E-state index in [9.17, 15) is 4.39 Å². The van der Waals surface area contributed by atoms with Crippen LogP contribution in [0.5, 0.6) is 0 Å². The summed E-state index contributed by atoms with van der Waals surface area (Å²) < 4.78 is 13.3. The van der Waals surface area contributed by atoms with Crippen molar-refractivity contribution in [1.29, 1.82) is 0 Å². The molecule has 1 aliphatic heterocycles. The second-order valence-corrected chi connectivity index (χ2v) is 6.34. The molecule has 1 fully saturated rings. The molecule has 1 N–H and O–H groups in total. The molecular formula is C16H24ClFN2. The van der Waals surface area contributed by atoms with Crippen molar-refractivity contribution in [2.24, 2.45) is 0 Å². The molecule has 0 bridgehead atoms. The van der Waals surface area contributed by atoms with Crippen molar-refractivity contribution in [3.8, 4) is 0 Å². The number of hydrogen-bond acceptors (Lipinski definition) is 2. The first-order valence-corrected chi connectivity index (χ1v) is 7.81. The van der Waals surface area contributed by atoms with Crippen molar-refractivity contribution in [1.82, 2.24) is 10.2 Å². The zero-order chi connectivity index (χ0) is 14.7. The first kappa shape index (κ1) is 15.7. The van der Waals surface area contributed by atoms with E-state index in [4.69, 9.17) is 11.6 Å². The summed E-state index contributed by atoms with van der Waals surface area (Å²) in [7, 11) is 0. The molecule has 1 heterocycles. The topological polar surface area (TPSA) is 15.3 Å². The third kappa shape index (κ3) is 3.72. The highest BCUT2D eigenvalue weighted by Gasteiger charge is 2.24. The summed E-state index contributed by atoms with van der Waals surface area (Å²) in [5.74, 6) is -0.351. The van der Waals surface area contributed by atoms with Gasteiger partial charge in [0.2, 0.25) is 0 Å². The summed E-state index contributed by atoms with van der Waals surface area (Å²) >= 11 is 5.91. The minimum Gasteiger partial charge on any atom is -0.313 e. The van der Waals surface area contributed by atoms with E-state index in [-0.39, 0.29) is 16.9 Å². The average molecular weight is 299 g/mol. The number of nitrogens with one attached hydrogen (secondary N) is 1. The van der Waals surface area contributed by atoms with Gasteiger partial charge in [0.25, 0.3) is 0 Å². The lowest BCUT2D eigenvalue weighted by Crippen LogP contribution is -2.42. The predicted octanol–water partition coefficient (Wildman–Crippen LogP) is 4.00. The van der Waals surface area contributed by atoms with Gasteiger partial charge in [-0.15, -0.1) is 0 Å². The highest BCUT2D eigenvalue weighted by Crippen LogP contribution is 2.27. The Kier molecular flexibility index (Phi) is 5.42. The molecule has 1 saturated heterocycles. The third-order valence-electron chi connectivity index (χ3n) is 4.18. The van der Waals surface area contributed by atoms with Crippen LogP contribution in [-0.4, -0.2) is 30.1 Å². The average Bonchev–Trinajstić information content (AvgIpc) is 2.91. The third-order valence-corrected chi connectivity index (χ3v) is 4.47. The van der Waals surface area contributed by atoms with Gasteiger partial charge < -0.3 is 5.32 Å². The van der Waals surface area contributed by atoms with Crippen LogP contribution in [0.15, 0.2) is 18.2 Å². The zero-order valence-corrected chi connectivity index (χ0v) is 13.3. The van der Waals surface area contributed by atoms with E-state index in [2.05, 4.69) is 31.0 Å². The lowest BCUT2D eigenvalue weighted by atomic mass is 10.0. The molecule has 0 saturated carbocycles. The molecule has 2 unspecified atom stereocenters. The monoisotopic (exact) mass is 298 g/mol. The maximum Gasteiger partial charge on any atom is 0.141 e. The van der Waals surface area contributed by atoms with Crippen molar-refractivity contribution in [3.63, 3.8) is 0 Å². The summed E-state index contributed by atoms with van der Waals surface area (Å²) in [5.41, 5.74) is 1.07. The van der Waals surface area contributed by atoms with E-state index in [1.165, 1.54) is 18.9 Å². The fourth-order valence-corrected chi connectivity index (χ4v) is 3.14. The summed E-state index contributed by atoms with van der Waals surface area (Å²) in [6.45, 7) is 8.72. The van der Waals surface area contributed by atoms with Gasteiger partial charge in [-0.2, -0.15) is 0 Å². The predicted molar refractivity (Wildman–Crippen MR) is 82.7 cm³/mol. The molecule has 0 amide bonds. The Bertz CT molecular complexity index is 444. The van der Waals surface area contributed by atoms with Crippen molar-refractivity contribution >= 4 is 11.6 Å². The number of rotatable bonds is 5. The van der Waals surface area contributed by atoms with Crippen molar-refractivity contribution < 1.29 is 4.39 Å². The number of nitrogens with zero attached hydrogens (tertiary/aromatic N) is 1. The lowest BCUT2D eigenvalue weighted by Gasteiger charge is -2.35. The molecule has 2 atom stereocenters.